The molecule has 4 N–H and O–H groups in total. The van der Waals surface area contributed by atoms with Gasteiger partial charge in [0, 0.05) is 42.9 Å². The molecular weight excluding hydrogens is 478 g/mol. The van der Waals surface area contributed by atoms with Crippen LogP contribution in [0.15, 0.2) is 54.9 Å². The Balaban J connectivity index is 1.44. The quantitative estimate of drug-likeness (QED) is 0.374. The van der Waals surface area contributed by atoms with E-state index in [4.69, 9.17) is 10.7 Å². The number of hydrogen-bond acceptors (Lipinski definition) is 6. The van der Waals surface area contributed by atoms with E-state index in [2.05, 4.69) is 4.98 Å². The molecule has 8 nitrogen and oxygen atoms in total. The Hall–Kier alpha value is -3.75. The van der Waals surface area contributed by atoms with Gasteiger partial charge in [0.05, 0.1) is 6.61 Å². The first-order chi connectivity index (χ1) is 18.3. The summed E-state index contributed by atoms with van der Waals surface area (Å²) >= 11 is 0. The van der Waals surface area contributed by atoms with Gasteiger partial charge in [0.25, 0.3) is 0 Å². The minimum absolute atomic E-state index is 0.0789. The van der Waals surface area contributed by atoms with Gasteiger partial charge in [-0.15, -0.1) is 0 Å². The molecule has 4 heterocycles. The molecule has 2 aromatic carbocycles. The molecular formula is C30H33N5O3. The number of nitrogens with two attached hydrogens (primary N) is 1. The Bertz CT molecular complexity index is 1540. The molecule has 2 aliphatic rings. The number of carbonyl (C=O) groups excluding carboxylic acids is 1. The highest BCUT2D eigenvalue weighted by Gasteiger charge is 2.38. The van der Waals surface area contributed by atoms with Gasteiger partial charge >= 0.3 is 0 Å². The van der Waals surface area contributed by atoms with E-state index in [0.717, 1.165) is 41.8 Å². The maximum absolute atomic E-state index is 12.5. The lowest BCUT2D eigenvalue weighted by atomic mass is 9.85. The van der Waals surface area contributed by atoms with E-state index >= 15 is 0 Å². The van der Waals surface area contributed by atoms with Crippen LogP contribution in [0.2, 0.25) is 0 Å². The number of aliphatic hydroxyl groups is 2. The molecule has 0 aliphatic carbocycles. The Morgan fingerprint density at radius 2 is 1.95 bits per heavy atom. The Labute approximate surface area is 221 Å². The van der Waals surface area contributed by atoms with Crippen molar-refractivity contribution in [2.24, 2.45) is 0 Å². The number of nitrogens with zero attached hydrogens (tertiary/aromatic N) is 4. The Morgan fingerprint density at radius 3 is 2.74 bits per heavy atom. The number of nitrogen functional groups attached to an aromatic ring is 1. The second kappa shape index (κ2) is 9.22. The van der Waals surface area contributed by atoms with Crippen LogP contribution in [0.25, 0.3) is 16.8 Å². The molecule has 0 radical (unpaired) electrons. The molecule has 4 aromatic rings. The van der Waals surface area contributed by atoms with Crippen molar-refractivity contribution in [3.63, 3.8) is 0 Å². The fourth-order valence-electron chi connectivity index (χ4n) is 6.21. The lowest BCUT2D eigenvalue weighted by molar-refractivity contribution is -0.130. The molecule has 6 rings (SSSR count). The summed E-state index contributed by atoms with van der Waals surface area (Å²) in [5.74, 6) is 1.50. The monoisotopic (exact) mass is 511 g/mol. The number of aliphatic hydroxyl groups excluding tert-OH is 1. The third-order valence-electron chi connectivity index (χ3n) is 8.37. The van der Waals surface area contributed by atoms with Gasteiger partial charge in [0.15, 0.2) is 0 Å². The number of benzene rings is 2. The zero-order valence-corrected chi connectivity index (χ0v) is 21.8. The highest BCUT2D eigenvalue weighted by atomic mass is 16.3. The second-order valence-electron chi connectivity index (χ2n) is 10.8. The van der Waals surface area contributed by atoms with E-state index in [-0.39, 0.29) is 18.4 Å². The van der Waals surface area contributed by atoms with Crippen molar-refractivity contribution in [3.05, 3.63) is 82.9 Å². The predicted molar refractivity (Wildman–Crippen MR) is 145 cm³/mol. The van der Waals surface area contributed by atoms with Gasteiger partial charge in [-0.2, -0.15) is 0 Å². The number of aryl methyl sites for hydroxylation is 1. The maximum Gasteiger partial charge on any atom is 0.222 e. The number of amides is 1. The van der Waals surface area contributed by atoms with E-state index in [1.165, 1.54) is 0 Å². The standard InChI is InChI=1S/C30H33N5O3/c1-18-4-3-5-21(14-18)30(2,38)22-7-10-24(20(15-22)17-36)26-27-28(31)32-12-13-34(27)29(33-26)19-6-8-23-9-11-25(37)35(23)16-19/h3-5,7,10,12-15,19,23,36,38H,6,8-9,11,16-17H2,1-2H3,(H2,31,32)/t19-,23+,30+/m1/s1. The molecule has 0 unspecified atom stereocenters. The van der Waals surface area contributed by atoms with Crippen molar-refractivity contribution >= 4 is 17.2 Å². The number of anilines is 1. The first kappa shape index (κ1) is 24.6. The third-order valence-corrected chi connectivity index (χ3v) is 8.37. The summed E-state index contributed by atoms with van der Waals surface area (Å²) in [6.07, 6.45) is 7.01. The number of imidazole rings is 1. The van der Waals surface area contributed by atoms with Crippen LogP contribution in [0, 0.1) is 6.92 Å². The average molecular weight is 512 g/mol. The van der Waals surface area contributed by atoms with Crippen LogP contribution < -0.4 is 5.73 Å². The lowest BCUT2D eigenvalue weighted by Crippen LogP contribution is -2.41. The highest BCUT2D eigenvalue weighted by Crippen LogP contribution is 2.40. The van der Waals surface area contributed by atoms with Gasteiger partial charge < -0.3 is 20.8 Å². The average Bonchev–Trinajstić information content (AvgIpc) is 3.49. The summed E-state index contributed by atoms with van der Waals surface area (Å²) < 4.78 is 1.99. The predicted octanol–water partition coefficient (Wildman–Crippen LogP) is 3.90. The van der Waals surface area contributed by atoms with Crippen molar-refractivity contribution < 1.29 is 15.0 Å². The van der Waals surface area contributed by atoms with Crippen molar-refractivity contribution in [2.45, 2.75) is 63.7 Å². The fraction of sp³-hybridized carbons (Fsp3) is 0.367. The van der Waals surface area contributed by atoms with Crippen LogP contribution in [0.3, 0.4) is 0 Å². The minimum atomic E-state index is -1.24. The third kappa shape index (κ3) is 3.95. The molecule has 2 aliphatic heterocycles. The molecule has 1 amide bonds. The smallest absolute Gasteiger partial charge is 0.222 e. The highest BCUT2D eigenvalue weighted by molar-refractivity contribution is 5.87. The first-order valence-electron chi connectivity index (χ1n) is 13.2. The summed E-state index contributed by atoms with van der Waals surface area (Å²) in [5, 5.41) is 21.9. The van der Waals surface area contributed by atoms with Gasteiger partial charge in [-0.25, -0.2) is 9.97 Å². The normalized spacial score (nSPS) is 21.1. The van der Waals surface area contributed by atoms with Gasteiger partial charge in [-0.1, -0.05) is 42.0 Å². The summed E-state index contributed by atoms with van der Waals surface area (Å²) in [6.45, 7) is 4.18. The van der Waals surface area contributed by atoms with Crippen molar-refractivity contribution in [1.82, 2.24) is 19.3 Å². The molecule has 2 aromatic heterocycles. The summed E-state index contributed by atoms with van der Waals surface area (Å²) in [5.41, 5.74) is 10.4. The summed E-state index contributed by atoms with van der Waals surface area (Å²) in [7, 11) is 0. The van der Waals surface area contributed by atoms with Crippen LogP contribution in [0.4, 0.5) is 5.82 Å². The van der Waals surface area contributed by atoms with Crippen LogP contribution in [-0.2, 0) is 17.0 Å². The van der Waals surface area contributed by atoms with E-state index in [1.807, 2.05) is 64.9 Å². The fourth-order valence-corrected chi connectivity index (χ4v) is 6.21. The molecule has 8 heteroatoms. The van der Waals surface area contributed by atoms with E-state index < -0.39 is 5.60 Å². The van der Waals surface area contributed by atoms with E-state index in [0.29, 0.717) is 47.2 Å². The second-order valence-corrected chi connectivity index (χ2v) is 10.8. The van der Waals surface area contributed by atoms with Gasteiger partial charge in [0.2, 0.25) is 5.91 Å². The molecule has 38 heavy (non-hydrogen) atoms. The zero-order chi connectivity index (χ0) is 26.6. The number of rotatable bonds is 5. The number of carbonyl (C=O) groups is 1. The van der Waals surface area contributed by atoms with Crippen LogP contribution in [0.5, 0.6) is 0 Å². The lowest BCUT2D eigenvalue weighted by Gasteiger charge is -2.34. The Kier molecular flexibility index (Phi) is 5.96. The molecule has 0 bridgehead atoms. The first-order valence-corrected chi connectivity index (χ1v) is 13.2. The van der Waals surface area contributed by atoms with E-state index in [9.17, 15) is 15.0 Å². The molecule has 0 saturated carbocycles. The van der Waals surface area contributed by atoms with Crippen LogP contribution in [0.1, 0.15) is 66.6 Å². The van der Waals surface area contributed by atoms with Crippen molar-refractivity contribution in [3.8, 4) is 11.3 Å². The number of piperidine rings is 1. The number of hydrogen-bond donors (Lipinski definition) is 3. The van der Waals surface area contributed by atoms with Crippen molar-refractivity contribution in [1.29, 1.82) is 0 Å². The van der Waals surface area contributed by atoms with Crippen LogP contribution >= 0.6 is 0 Å². The molecule has 2 fully saturated rings. The summed E-state index contributed by atoms with van der Waals surface area (Å²) in [6, 6.07) is 13.7. The Morgan fingerprint density at radius 1 is 1.13 bits per heavy atom. The topological polar surface area (TPSA) is 117 Å². The molecule has 196 valence electrons. The van der Waals surface area contributed by atoms with Gasteiger partial charge in [0.1, 0.15) is 28.5 Å². The largest absolute Gasteiger partial charge is 0.392 e. The van der Waals surface area contributed by atoms with E-state index in [1.54, 1.807) is 13.1 Å². The minimum Gasteiger partial charge on any atom is -0.392 e. The molecule has 2 saturated heterocycles. The molecule has 3 atom stereocenters. The van der Waals surface area contributed by atoms with Crippen molar-refractivity contribution in [2.75, 3.05) is 12.3 Å². The zero-order valence-electron chi connectivity index (χ0n) is 21.8. The maximum atomic E-state index is 12.5. The van der Waals surface area contributed by atoms with Crippen LogP contribution in [-0.4, -0.2) is 48.0 Å². The summed E-state index contributed by atoms with van der Waals surface area (Å²) in [4.78, 5) is 23.9. The van der Waals surface area contributed by atoms with Gasteiger partial charge in [-0.05, 0) is 55.9 Å². The number of aromatic nitrogens is 3. The SMILES string of the molecule is Cc1cccc([C@](C)(O)c2ccc(-c3nc([C@@H]4CC[C@H]5CCC(=O)N5C4)n4ccnc(N)c34)c(CO)c2)c1. The molecule has 0 spiro atoms. The number of fused-ring (bicyclic) bond motifs is 2. The van der Waals surface area contributed by atoms with Gasteiger partial charge in [-0.3, -0.25) is 9.20 Å².